The SMILES string of the molecule is C[C@H]1Sc2ccc(C(=O)N3c4ccccc4C[C@H]3C(N)=O)cc2NC1=O. The minimum Gasteiger partial charge on any atom is -0.368 e. The van der Waals surface area contributed by atoms with Gasteiger partial charge in [-0.05, 0) is 36.8 Å². The monoisotopic (exact) mass is 367 g/mol. The maximum atomic E-state index is 13.2. The molecule has 132 valence electrons. The number of benzene rings is 2. The highest BCUT2D eigenvalue weighted by Gasteiger charge is 2.37. The van der Waals surface area contributed by atoms with Crippen LogP contribution < -0.4 is 16.0 Å². The van der Waals surface area contributed by atoms with E-state index in [0.717, 1.165) is 10.5 Å². The number of rotatable bonds is 2. The lowest BCUT2D eigenvalue weighted by atomic mass is 10.1. The van der Waals surface area contributed by atoms with E-state index < -0.39 is 11.9 Å². The molecule has 0 aromatic heterocycles. The first-order valence-electron chi connectivity index (χ1n) is 8.28. The summed E-state index contributed by atoms with van der Waals surface area (Å²) in [4.78, 5) is 39.3. The van der Waals surface area contributed by atoms with E-state index in [1.54, 1.807) is 12.1 Å². The standard InChI is InChI=1S/C19H17N3O3S/c1-10-18(24)21-13-8-12(6-7-16(13)26-10)19(25)22-14-5-3-2-4-11(14)9-15(22)17(20)23/h2-8,10,15H,9H2,1H3,(H2,20,23)(H,21,24)/t10-,15+/m1/s1. The van der Waals surface area contributed by atoms with Gasteiger partial charge in [-0.15, -0.1) is 11.8 Å². The molecule has 2 heterocycles. The molecule has 3 amide bonds. The second-order valence-electron chi connectivity index (χ2n) is 6.39. The number of nitrogens with zero attached hydrogens (tertiary/aromatic N) is 1. The van der Waals surface area contributed by atoms with Crippen LogP contribution in [-0.4, -0.2) is 29.0 Å². The number of hydrogen-bond donors (Lipinski definition) is 2. The lowest BCUT2D eigenvalue weighted by molar-refractivity contribution is -0.119. The molecule has 0 unspecified atom stereocenters. The molecular weight excluding hydrogens is 350 g/mol. The van der Waals surface area contributed by atoms with Gasteiger partial charge in [-0.25, -0.2) is 0 Å². The summed E-state index contributed by atoms with van der Waals surface area (Å²) in [5.74, 6) is -0.932. The van der Waals surface area contributed by atoms with Gasteiger partial charge in [0.05, 0.1) is 10.9 Å². The molecule has 2 aromatic rings. The second kappa shape index (κ2) is 6.17. The fourth-order valence-corrected chi connectivity index (χ4v) is 4.28. The van der Waals surface area contributed by atoms with E-state index in [-0.39, 0.29) is 17.1 Å². The first-order valence-corrected chi connectivity index (χ1v) is 9.16. The Bertz CT molecular complexity index is 943. The molecule has 2 aliphatic rings. The zero-order valence-corrected chi connectivity index (χ0v) is 14.9. The Morgan fingerprint density at radius 2 is 2.00 bits per heavy atom. The summed E-state index contributed by atoms with van der Waals surface area (Å²) < 4.78 is 0. The van der Waals surface area contributed by atoms with Crippen LogP contribution in [0.1, 0.15) is 22.8 Å². The summed E-state index contributed by atoms with van der Waals surface area (Å²) >= 11 is 1.46. The molecule has 7 heteroatoms. The van der Waals surface area contributed by atoms with Crippen LogP contribution in [-0.2, 0) is 16.0 Å². The first kappa shape index (κ1) is 16.7. The summed E-state index contributed by atoms with van der Waals surface area (Å²) in [7, 11) is 0. The van der Waals surface area contributed by atoms with Crippen LogP contribution in [0.2, 0.25) is 0 Å². The van der Waals surface area contributed by atoms with Crippen LogP contribution >= 0.6 is 11.8 Å². The number of carbonyl (C=O) groups excluding carboxylic acids is 3. The Labute approximate surface area is 154 Å². The van der Waals surface area contributed by atoms with Crippen LogP contribution in [0.25, 0.3) is 0 Å². The van der Waals surface area contributed by atoms with Gasteiger partial charge in [-0.1, -0.05) is 18.2 Å². The normalized spacial score (nSPS) is 21.0. The minimum atomic E-state index is -0.708. The van der Waals surface area contributed by atoms with Gasteiger partial charge in [-0.2, -0.15) is 0 Å². The molecule has 3 N–H and O–H groups in total. The third-order valence-corrected chi connectivity index (χ3v) is 5.86. The molecule has 0 saturated heterocycles. The third kappa shape index (κ3) is 2.64. The van der Waals surface area contributed by atoms with Crippen molar-refractivity contribution in [3.05, 3.63) is 53.6 Å². The van der Waals surface area contributed by atoms with Gasteiger partial charge in [0.15, 0.2) is 0 Å². The number of amides is 3. The molecule has 0 radical (unpaired) electrons. The van der Waals surface area contributed by atoms with E-state index in [2.05, 4.69) is 5.32 Å². The van der Waals surface area contributed by atoms with Crippen LogP contribution in [0.15, 0.2) is 47.4 Å². The van der Waals surface area contributed by atoms with E-state index in [1.165, 1.54) is 16.7 Å². The van der Waals surface area contributed by atoms with Gasteiger partial charge in [-0.3, -0.25) is 19.3 Å². The Morgan fingerprint density at radius 1 is 1.23 bits per heavy atom. The number of primary amides is 1. The molecule has 2 aliphatic heterocycles. The quantitative estimate of drug-likeness (QED) is 0.851. The Balaban J connectivity index is 1.72. The van der Waals surface area contributed by atoms with Gasteiger partial charge in [0, 0.05) is 22.6 Å². The van der Waals surface area contributed by atoms with Crippen molar-refractivity contribution in [3.8, 4) is 0 Å². The van der Waals surface area contributed by atoms with Gasteiger partial charge < -0.3 is 11.1 Å². The van der Waals surface area contributed by atoms with Gasteiger partial charge in [0.2, 0.25) is 11.8 Å². The van der Waals surface area contributed by atoms with Crippen molar-refractivity contribution in [2.45, 2.75) is 29.5 Å². The topological polar surface area (TPSA) is 92.5 Å². The number of fused-ring (bicyclic) bond motifs is 2. The summed E-state index contributed by atoms with van der Waals surface area (Å²) in [6, 6.07) is 11.9. The molecule has 4 rings (SSSR count). The lowest BCUT2D eigenvalue weighted by Crippen LogP contribution is -2.46. The number of hydrogen-bond acceptors (Lipinski definition) is 4. The molecule has 0 aliphatic carbocycles. The average Bonchev–Trinajstić information content (AvgIpc) is 3.01. The molecule has 2 aromatic carbocycles. The summed E-state index contributed by atoms with van der Waals surface area (Å²) in [5, 5.41) is 2.65. The zero-order chi connectivity index (χ0) is 18.4. The minimum absolute atomic E-state index is 0.0892. The number of para-hydroxylation sites is 1. The number of nitrogens with two attached hydrogens (primary N) is 1. The fraction of sp³-hybridized carbons (Fsp3) is 0.211. The van der Waals surface area contributed by atoms with Gasteiger partial charge in [0.1, 0.15) is 6.04 Å². The van der Waals surface area contributed by atoms with Crippen molar-refractivity contribution in [2.24, 2.45) is 5.73 Å². The number of thioether (sulfide) groups is 1. The highest BCUT2D eigenvalue weighted by molar-refractivity contribution is 8.00. The van der Waals surface area contributed by atoms with Crippen molar-refractivity contribution in [1.82, 2.24) is 0 Å². The molecule has 2 atom stereocenters. The van der Waals surface area contributed by atoms with Crippen LogP contribution in [0.3, 0.4) is 0 Å². The van der Waals surface area contributed by atoms with Gasteiger partial charge >= 0.3 is 0 Å². The summed E-state index contributed by atoms with van der Waals surface area (Å²) in [6.45, 7) is 1.83. The lowest BCUT2D eigenvalue weighted by Gasteiger charge is -2.25. The molecule has 26 heavy (non-hydrogen) atoms. The Morgan fingerprint density at radius 3 is 2.77 bits per heavy atom. The summed E-state index contributed by atoms with van der Waals surface area (Å²) in [6.07, 6.45) is 0.409. The Hall–Kier alpha value is -2.80. The van der Waals surface area contributed by atoms with Gasteiger partial charge in [0.25, 0.3) is 5.91 Å². The second-order valence-corrected chi connectivity index (χ2v) is 7.77. The molecule has 0 saturated carbocycles. The zero-order valence-electron chi connectivity index (χ0n) is 14.1. The van der Waals surface area contributed by atoms with E-state index in [4.69, 9.17) is 5.73 Å². The van der Waals surface area contributed by atoms with E-state index in [1.807, 2.05) is 37.3 Å². The van der Waals surface area contributed by atoms with Crippen molar-refractivity contribution in [3.63, 3.8) is 0 Å². The Kier molecular flexibility index (Phi) is 3.96. The molecule has 0 spiro atoms. The number of anilines is 2. The fourth-order valence-electron chi connectivity index (χ4n) is 3.35. The smallest absolute Gasteiger partial charge is 0.259 e. The number of carbonyl (C=O) groups is 3. The van der Waals surface area contributed by atoms with E-state index in [0.29, 0.717) is 23.4 Å². The van der Waals surface area contributed by atoms with Crippen molar-refractivity contribution < 1.29 is 14.4 Å². The highest BCUT2D eigenvalue weighted by atomic mass is 32.2. The maximum absolute atomic E-state index is 13.2. The first-order chi connectivity index (χ1) is 12.5. The molecule has 6 nitrogen and oxygen atoms in total. The van der Waals surface area contributed by atoms with Crippen molar-refractivity contribution in [2.75, 3.05) is 10.2 Å². The average molecular weight is 367 g/mol. The predicted octanol–water partition coefficient (Wildman–Crippen LogP) is 2.18. The van der Waals surface area contributed by atoms with Crippen molar-refractivity contribution >= 4 is 40.9 Å². The maximum Gasteiger partial charge on any atom is 0.259 e. The highest BCUT2D eigenvalue weighted by Crippen LogP contribution is 2.38. The molecule has 0 bridgehead atoms. The van der Waals surface area contributed by atoms with E-state index in [9.17, 15) is 14.4 Å². The predicted molar refractivity (Wildman–Crippen MR) is 100 cm³/mol. The van der Waals surface area contributed by atoms with Crippen LogP contribution in [0.5, 0.6) is 0 Å². The molecular formula is C19H17N3O3S. The van der Waals surface area contributed by atoms with E-state index >= 15 is 0 Å². The number of nitrogens with one attached hydrogen (secondary N) is 1. The third-order valence-electron chi connectivity index (χ3n) is 4.68. The largest absolute Gasteiger partial charge is 0.368 e. The van der Waals surface area contributed by atoms with Crippen molar-refractivity contribution in [1.29, 1.82) is 0 Å². The summed E-state index contributed by atoms with van der Waals surface area (Å²) in [5.41, 5.74) is 8.17. The molecule has 0 fully saturated rings. The van der Waals surface area contributed by atoms with Crippen LogP contribution in [0, 0.1) is 0 Å². The van der Waals surface area contributed by atoms with Crippen LogP contribution in [0.4, 0.5) is 11.4 Å².